The van der Waals surface area contributed by atoms with Crippen LogP contribution in [0.3, 0.4) is 0 Å². The SMILES string of the molecule is Nc1cc(OCCOCCOCCOCCOCCOc2cc(N)nc3ccccc23)c2ccccc2n1.O=C(O)C(F)(F)F.O=C(O)C(F)(F)F. The van der Waals surface area contributed by atoms with E-state index in [-0.39, 0.29) is 0 Å². The third-order valence-electron chi connectivity index (χ3n) is 5.97. The number of carboxylic acids is 2. The molecule has 20 heteroatoms. The zero-order valence-electron chi connectivity index (χ0n) is 27.3. The second kappa shape index (κ2) is 21.9. The zero-order chi connectivity index (χ0) is 38.6. The summed E-state index contributed by atoms with van der Waals surface area (Å²) in [7, 11) is 0. The van der Waals surface area contributed by atoms with Gasteiger partial charge in [-0.3, -0.25) is 0 Å². The molecule has 286 valence electrons. The molecule has 0 fully saturated rings. The van der Waals surface area contributed by atoms with Crippen molar-refractivity contribution >= 4 is 45.4 Å². The number of aromatic nitrogens is 2. The Kier molecular flexibility index (Phi) is 18.1. The molecule has 6 N–H and O–H groups in total. The molecule has 2 heterocycles. The van der Waals surface area contributed by atoms with Crippen LogP contribution in [0.4, 0.5) is 38.0 Å². The first kappa shape index (κ1) is 43.0. The molecule has 0 atom stereocenters. The second-order valence-corrected chi connectivity index (χ2v) is 9.88. The number of nitrogen functional groups attached to an aromatic ring is 2. The van der Waals surface area contributed by atoms with Gasteiger partial charge >= 0.3 is 24.3 Å². The van der Waals surface area contributed by atoms with Gasteiger partial charge in [0.25, 0.3) is 0 Å². The van der Waals surface area contributed by atoms with Crippen molar-refractivity contribution in [1.82, 2.24) is 9.97 Å². The van der Waals surface area contributed by atoms with E-state index < -0.39 is 24.3 Å². The molecule has 0 aliphatic carbocycles. The molecule has 0 aliphatic heterocycles. The number of nitrogens with zero attached hydrogens (tertiary/aromatic N) is 2. The third-order valence-corrected chi connectivity index (χ3v) is 5.97. The summed E-state index contributed by atoms with van der Waals surface area (Å²) in [5.41, 5.74) is 13.3. The molecule has 0 bridgehead atoms. The number of benzene rings is 2. The highest BCUT2D eigenvalue weighted by molar-refractivity contribution is 5.87. The minimum Gasteiger partial charge on any atom is -0.490 e. The van der Waals surface area contributed by atoms with E-state index in [0.717, 1.165) is 21.8 Å². The van der Waals surface area contributed by atoms with Gasteiger partial charge in [0.05, 0.1) is 63.9 Å². The summed E-state index contributed by atoms with van der Waals surface area (Å²) in [5.74, 6) is -3.25. The Morgan fingerprint density at radius 2 is 0.808 bits per heavy atom. The number of carbonyl (C=O) groups is 2. The van der Waals surface area contributed by atoms with Gasteiger partial charge in [0.2, 0.25) is 0 Å². The fraction of sp³-hybridized carbons (Fsp3) is 0.375. The molecule has 2 aromatic heterocycles. The second-order valence-electron chi connectivity index (χ2n) is 9.88. The van der Waals surface area contributed by atoms with Gasteiger partial charge in [0, 0.05) is 22.9 Å². The summed E-state index contributed by atoms with van der Waals surface area (Å²) in [5, 5.41) is 16.1. The van der Waals surface area contributed by atoms with Gasteiger partial charge in [0.15, 0.2) is 0 Å². The van der Waals surface area contributed by atoms with Crippen molar-refractivity contribution in [3.63, 3.8) is 0 Å². The van der Waals surface area contributed by atoms with E-state index in [4.69, 9.17) is 59.7 Å². The molecule has 4 rings (SSSR count). The van der Waals surface area contributed by atoms with Gasteiger partial charge in [-0.2, -0.15) is 26.3 Å². The molecule has 0 saturated heterocycles. The smallest absolute Gasteiger partial charge is 0.490 e. The number of rotatable bonds is 17. The van der Waals surface area contributed by atoms with Crippen molar-refractivity contribution in [2.45, 2.75) is 12.4 Å². The number of ether oxygens (including phenoxy) is 6. The highest BCUT2D eigenvalue weighted by atomic mass is 19.4. The number of anilines is 2. The van der Waals surface area contributed by atoms with Crippen molar-refractivity contribution in [2.75, 3.05) is 77.5 Å². The van der Waals surface area contributed by atoms with E-state index in [1.807, 2.05) is 48.5 Å². The Morgan fingerprint density at radius 3 is 1.10 bits per heavy atom. The van der Waals surface area contributed by atoms with Crippen LogP contribution in [0.5, 0.6) is 11.5 Å². The molecule has 0 aliphatic rings. The number of aliphatic carboxylic acids is 2. The van der Waals surface area contributed by atoms with Gasteiger partial charge in [-0.25, -0.2) is 19.6 Å². The van der Waals surface area contributed by atoms with Gasteiger partial charge in [-0.15, -0.1) is 0 Å². The summed E-state index contributed by atoms with van der Waals surface area (Å²) in [4.78, 5) is 26.4. The lowest BCUT2D eigenvalue weighted by atomic mass is 10.2. The Bertz CT molecular complexity index is 1570. The standard InChI is InChI=1S/C28H34N4O6.2C2HF3O2/c29-27-19-25(21-5-1-3-7-23(21)31-27)37-17-15-35-13-11-33-9-10-34-12-14-36-16-18-38-26-20-28(30)32-24-8-4-2-6-22(24)26;2*3-2(4,5)1(6)7/h1-8,19-20H,9-18H2,(H2,29,31)(H2,30,32);2*(H,6,7). The quantitative estimate of drug-likeness (QED) is 0.0850. The lowest BCUT2D eigenvalue weighted by Gasteiger charge is -2.11. The molecule has 14 nitrogen and oxygen atoms in total. The van der Waals surface area contributed by atoms with Crippen LogP contribution in [-0.2, 0) is 28.5 Å². The number of nitrogens with two attached hydrogens (primary N) is 2. The summed E-state index contributed by atoms with van der Waals surface area (Å²) in [6.07, 6.45) is -10.2. The Balaban J connectivity index is 0.000000564. The van der Waals surface area contributed by atoms with Crippen molar-refractivity contribution in [2.24, 2.45) is 0 Å². The monoisotopic (exact) mass is 750 g/mol. The maximum absolute atomic E-state index is 10.6. The average Bonchev–Trinajstić information content (AvgIpc) is 3.07. The maximum Gasteiger partial charge on any atom is 0.490 e. The summed E-state index contributed by atoms with van der Waals surface area (Å²) in [6.45, 7) is 4.61. The van der Waals surface area contributed by atoms with Crippen LogP contribution in [0.15, 0.2) is 60.7 Å². The number of carboxylic acid groups (broad SMARTS) is 2. The Labute approximate surface area is 292 Å². The number of halogens is 6. The van der Waals surface area contributed by atoms with Crippen molar-refractivity contribution in [3.05, 3.63) is 60.7 Å². The van der Waals surface area contributed by atoms with E-state index >= 15 is 0 Å². The normalized spacial score (nSPS) is 11.3. The highest BCUT2D eigenvalue weighted by Crippen LogP contribution is 2.27. The van der Waals surface area contributed by atoms with Gasteiger partial charge < -0.3 is 50.1 Å². The number of hydrogen-bond donors (Lipinski definition) is 4. The van der Waals surface area contributed by atoms with Gasteiger partial charge in [-0.05, 0) is 24.3 Å². The van der Waals surface area contributed by atoms with Crippen LogP contribution < -0.4 is 20.9 Å². The van der Waals surface area contributed by atoms with Crippen LogP contribution >= 0.6 is 0 Å². The van der Waals surface area contributed by atoms with Crippen LogP contribution in [-0.4, -0.2) is 111 Å². The lowest BCUT2D eigenvalue weighted by Crippen LogP contribution is -2.21. The first-order chi connectivity index (χ1) is 24.6. The number of alkyl halides is 6. The lowest BCUT2D eigenvalue weighted by molar-refractivity contribution is -0.193. The summed E-state index contributed by atoms with van der Waals surface area (Å²) in [6, 6.07) is 18.9. The van der Waals surface area contributed by atoms with E-state index in [2.05, 4.69) is 9.97 Å². The van der Waals surface area contributed by atoms with Crippen molar-refractivity contribution in [3.8, 4) is 11.5 Å². The fourth-order valence-corrected chi connectivity index (χ4v) is 3.75. The molecule has 0 spiro atoms. The number of pyridine rings is 2. The van der Waals surface area contributed by atoms with E-state index in [1.54, 1.807) is 12.1 Å². The van der Waals surface area contributed by atoms with Crippen molar-refractivity contribution < 1.29 is 74.6 Å². The molecule has 52 heavy (non-hydrogen) atoms. The topological polar surface area (TPSA) is 208 Å². The molecule has 2 aromatic carbocycles. The van der Waals surface area contributed by atoms with Crippen LogP contribution in [0.2, 0.25) is 0 Å². The largest absolute Gasteiger partial charge is 0.490 e. The van der Waals surface area contributed by atoms with Gasteiger partial charge in [-0.1, -0.05) is 24.3 Å². The van der Waals surface area contributed by atoms with Gasteiger partial charge in [0.1, 0.15) is 36.3 Å². The van der Waals surface area contributed by atoms with E-state index in [9.17, 15) is 26.3 Å². The van der Waals surface area contributed by atoms with Crippen molar-refractivity contribution in [1.29, 1.82) is 0 Å². The van der Waals surface area contributed by atoms with E-state index in [1.165, 1.54) is 0 Å². The predicted octanol–water partition coefficient (Wildman–Crippen LogP) is 4.74. The number of para-hydroxylation sites is 2. The molecule has 0 saturated carbocycles. The van der Waals surface area contributed by atoms with Crippen LogP contribution in [0.25, 0.3) is 21.8 Å². The molecule has 0 amide bonds. The molecule has 0 unspecified atom stereocenters. The first-order valence-corrected chi connectivity index (χ1v) is 15.1. The zero-order valence-corrected chi connectivity index (χ0v) is 27.3. The fourth-order valence-electron chi connectivity index (χ4n) is 3.75. The molecular weight excluding hydrogens is 714 g/mol. The first-order valence-electron chi connectivity index (χ1n) is 15.1. The Hall–Kier alpha value is -5.18. The minimum absolute atomic E-state index is 0.412. The molecule has 4 aromatic rings. The van der Waals surface area contributed by atoms with Crippen LogP contribution in [0.1, 0.15) is 0 Å². The number of fused-ring (bicyclic) bond motifs is 2. The maximum atomic E-state index is 10.6. The molecular formula is C32H36F6N4O10. The highest BCUT2D eigenvalue weighted by Gasteiger charge is 2.38. The predicted molar refractivity (Wildman–Crippen MR) is 174 cm³/mol. The average molecular weight is 751 g/mol. The number of hydrogen-bond acceptors (Lipinski definition) is 12. The van der Waals surface area contributed by atoms with Crippen LogP contribution in [0, 0.1) is 0 Å². The third kappa shape index (κ3) is 16.7. The summed E-state index contributed by atoms with van der Waals surface area (Å²) >= 11 is 0. The minimum atomic E-state index is -5.08. The summed E-state index contributed by atoms with van der Waals surface area (Å²) < 4.78 is 97.3. The molecule has 0 radical (unpaired) electrons. The Morgan fingerprint density at radius 1 is 0.538 bits per heavy atom. The van der Waals surface area contributed by atoms with E-state index in [0.29, 0.717) is 89.2 Å².